The van der Waals surface area contributed by atoms with Gasteiger partial charge in [-0.2, -0.15) is 5.10 Å². The Morgan fingerprint density at radius 3 is 2.50 bits per heavy atom. The van der Waals surface area contributed by atoms with Crippen LogP contribution >= 0.6 is 0 Å². The number of carbonyl (C=O) groups is 1. The molecule has 74 valence electrons. The lowest BCUT2D eigenvalue weighted by molar-refractivity contribution is 0.195. The monoisotopic (exact) mass is 196 g/mol. The van der Waals surface area contributed by atoms with Crippen LogP contribution in [0.1, 0.15) is 12.5 Å². The molecule has 4 nitrogen and oxygen atoms in total. The van der Waals surface area contributed by atoms with E-state index in [2.05, 4.69) is 5.10 Å². The van der Waals surface area contributed by atoms with Crippen molar-refractivity contribution >= 4 is 11.8 Å². The van der Waals surface area contributed by atoms with Crippen LogP contribution in [0.15, 0.2) is 29.4 Å². The number of hydrogen-bond donors (Lipinski definition) is 2. The van der Waals surface area contributed by atoms with E-state index in [1.54, 1.807) is 6.92 Å². The highest BCUT2D eigenvalue weighted by molar-refractivity contribution is 5.98. The van der Waals surface area contributed by atoms with Gasteiger partial charge in [-0.1, -0.05) is 12.1 Å². The minimum Gasteiger partial charge on any atom is -0.464 e. The molecule has 1 aromatic carbocycles. The highest BCUT2D eigenvalue weighted by Gasteiger charge is 1.98. The van der Waals surface area contributed by atoms with Gasteiger partial charge >= 0.3 is 6.09 Å². The van der Waals surface area contributed by atoms with E-state index in [0.29, 0.717) is 11.3 Å². The second kappa shape index (κ2) is 4.36. The Morgan fingerprint density at radius 2 is 2.00 bits per heavy atom. The molecule has 0 aliphatic heterocycles. The van der Waals surface area contributed by atoms with Crippen LogP contribution in [0, 0.1) is 5.82 Å². The molecule has 5 heteroatoms. The Morgan fingerprint density at radius 1 is 1.43 bits per heavy atom. The Balaban J connectivity index is 2.78. The Bertz CT molecular complexity index is 360. The molecule has 0 aromatic heterocycles. The van der Waals surface area contributed by atoms with Gasteiger partial charge in [0.2, 0.25) is 0 Å². The van der Waals surface area contributed by atoms with Gasteiger partial charge in [-0.05, 0) is 24.6 Å². The van der Waals surface area contributed by atoms with Crippen molar-refractivity contribution in [3.8, 4) is 0 Å². The van der Waals surface area contributed by atoms with Crippen LogP contribution in [0.4, 0.5) is 9.18 Å². The molecule has 0 atom stereocenters. The van der Waals surface area contributed by atoms with Crippen molar-refractivity contribution in [3.63, 3.8) is 0 Å². The molecule has 0 heterocycles. The van der Waals surface area contributed by atoms with Crippen molar-refractivity contribution < 1.29 is 14.3 Å². The number of hydrogen-bond acceptors (Lipinski definition) is 2. The maximum atomic E-state index is 12.5. The molecule has 0 saturated heterocycles. The van der Waals surface area contributed by atoms with E-state index in [-0.39, 0.29) is 5.82 Å². The Hall–Kier alpha value is -1.91. The smallest absolute Gasteiger partial charge is 0.425 e. The SMILES string of the molecule is C/C(=N\NC(=O)O)c1ccc(F)cc1. The van der Waals surface area contributed by atoms with Crippen LogP contribution in [0.2, 0.25) is 0 Å². The van der Waals surface area contributed by atoms with Crippen LogP contribution in [0.5, 0.6) is 0 Å². The molecule has 1 amide bonds. The lowest BCUT2D eigenvalue weighted by atomic mass is 10.1. The third-order valence-corrected chi connectivity index (χ3v) is 1.58. The normalized spacial score (nSPS) is 11.1. The van der Waals surface area contributed by atoms with Gasteiger partial charge < -0.3 is 5.11 Å². The summed E-state index contributed by atoms with van der Waals surface area (Å²) in [4.78, 5) is 10.1. The summed E-state index contributed by atoms with van der Waals surface area (Å²) in [7, 11) is 0. The number of benzene rings is 1. The molecule has 0 unspecified atom stereocenters. The first kappa shape index (κ1) is 10.2. The van der Waals surface area contributed by atoms with Crippen LogP contribution in [0.3, 0.4) is 0 Å². The topological polar surface area (TPSA) is 61.7 Å². The Kier molecular flexibility index (Phi) is 3.17. The van der Waals surface area contributed by atoms with Gasteiger partial charge in [-0.15, -0.1) is 0 Å². The largest absolute Gasteiger partial charge is 0.464 e. The second-order valence-corrected chi connectivity index (χ2v) is 2.62. The van der Waals surface area contributed by atoms with E-state index < -0.39 is 6.09 Å². The minimum atomic E-state index is -1.23. The van der Waals surface area contributed by atoms with E-state index in [4.69, 9.17) is 5.11 Å². The van der Waals surface area contributed by atoms with Gasteiger partial charge in [-0.25, -0.2) is 14.6 Å². The molecule has 0 fully saturated rings. The lowest BCUT2D eigenvalue weighted by Gasteiger charge is -1.99. The zero-order chi connectivity index (χ0) is 10.6. The number of hydrazone groups is 1. The van der Waals surface area contributed by atoms with Crippen LogP contribution in [-0.2, 0) is 0 Å². The molecule has 0 saturated carbocycles. The maximum Gasteiger partial charge on any atom is 0.425 e. The first-order chi connectivity index (χ1) is 6.59. The van der Waals surface area contributed by atoms with E-state index in [0.717, 1.165) is 0 Å². The van der Waals surface area contributed by atoms with Crippen LogP contribution in [0.25, 0.3) is 0 Å². The van der Waals surface area contributed by atoms with Crippen molar-refractivity contribution in [2.75, 3.05) is 0 Å². The zero-order valence-corrected chi connectivity index (χ0v) is 7.49. The average molecular weight is 196 g/mol. The standard InChI is InChI=1S/C9H9FN2O2/c1-6(11-12-9(13)14)7-2-4-8(10)5-3-7/h2-5,12H,1H3,(H,13,14)/b11-6+. The van der Waals surface area contributed by atoms with Gasteiger partial charge in [0, 0.05) is 0 Å². The zero-order valence-electron chi connectivity index (χ0n) is 7.49. The van der Waals surface area contributed by atoms with Crippen molar-refractivity contribution in [2.24, 2.45) is 5.10 Å². The third-order valence-electron chi connectivity index (χ3n) is 1.58. The van der Waals surface area contributed by atoms with E-state index in [9.17, 15) is 9.18 Å². The third kappa shape index (κ3) is 2.85. The number of nitrogens with zero attached hydrogens (tertiary/aromatic N) is 1. The van der Waals surface area contributed by atoms with E-state index in [1.165, 1.54) is 24.3 Å². The summed E-state index contributed by atoms with van der Waals surface area (Å²) in [5, 5.41) is 11.8. The van der Waals surface area contributed by atoms with Gasteiger partial charge in [0.25, 0.3) is 0 Å². The lowest BCUT2D eigenvalue weighted by Crippen LogP contribution is -2.16. The number of nitrogens with one attached hydrogen (secondary N) is 1. The number of rotatable bonds is 2. The molecule has 0 bridgehead atoms. The van der Waals surface area contributed by atoms with Crippen LogP contribution in [-0.4, -0.2) is 16.9 Å². The van der Waals surface area contributed by atoms with Gasteiger partial charge in [-0.3, -0.25) is 0 Å². The molecule has 0 spiro atoms. The highest BCUT2D eigenvalue weighted by Crippen LogP contribution is 2.03. The average Bonchev–Trinajstić information content (AvgIpc) is 2.15. The number of halogens is 1. The molecule has 0 radical (unpaired) electrons. The minimum absolute atomic E-state index is 0.340. The molecular formula is C9H9FN2O2. The maximum absolute atomic E-state index is 12.5. The fraction of sp³-hybridized carbons (Fsp3) is 0.111. The summed E-state index contributed by atoms with van der Waals surface area (Å²) in [6.45, 7) is 1.63. The summed E-state index contributed by atoms with van der Waals surface area (Å²) in [6.07, 6.45) is -1.23. The molecular weight excluding hydrogens is 187 g/mol. The first-order valence-corrected chi connectivity index (χ1v) is 3.89. The van der Waals surface area contributed by atoms with E-state index >= 15 is 0 Å². The van der Waals surface area contributed by atoms with Gasteiger partial charge in [0.15, 0.2) is 0 Å². The van der Waals surface area contributed by atoms with Crippen molar-refractivity contribution in [3.05, 3.63) is 35.6 Å². The first-order valence-electron chi connectivity index (χ1n) is 3.89. The summed E-state index contributed by atoms with van der Waals surface area (Å²) in [6, 6.07) is 5.62. The predicted molar refractivity (Wildman–Crippen MR) is 49.8 cm³/mol. The summed E-state index contributed by atoms with van der Waals surface area (Å²) < 4.78 is 12.5. The van der Waals surface area contributed by atoms with Crippen molar-refractivity contribution in [1.29, 1.82) is 0 Å². The summed E-state index contributed by atoms with van der Waals surface area (Å²) in [5.74, 6) is -0.340. The quantitative estimate of drug-likeness (QED) is 0.559. The number of amides is 1. The van der Waals surface area contributed by atoms with E-state index in [1.807, 2.05) is 5.43 Å². The fourth-order valence-corrected chi connectivity index (χ4v) is 0.887. The Labute approximate surface area is 80.1 Å². The van der Waals surface area contributed by atoms with Gasteiger partial charge in [0.1, 0.15) is 5.82 Å². The summed E-state index contributed by atoms with van der Waals surface area (Å²) in [5.41, 5.74) is 3.02. The molecule has 1 rings (SSSR count). The molecule has 14 heavy (non-hydrogen) atoms. The highest BCUT2D eigenvalue weighted by atomic mass is 19.1. The van der Waals surface area contributed by atoms with Gasteiger partial charge in [0.05, 0.1) is 5.71 Å². The predicted octanol–water partition coefficient (Wildman–Crippen LogP) is 1.82. The van der Waals surface area contributed by atoms with Crippen LogP contribution < -0.4 is 5.43 Å². The molecule has 0 aliphatic rings. The second-order valence-electron chi connectivity index (χ2n) is 2.62. The van der Waals surface area contributed by atoms with Crippen molar-refractivity contribution in [2.45, 2.75) is 6.92 Å². The fourth-order valence-electron chi connectivity index (χ4n) is 0.887. The molecule has 2 N–H and O–H groups in total. The molecule has 0 aliphatic carbocycles. The van der Waals surface area contributed by atoms with Crippen molar-refractivity contribution in [1.82, 2.24) is 5.43 Å². The number of carboxylic acid groups (broad SMARTS) is 1. The summed E-state index contributed by atoms with van der Waals surface area (Å²) >= 11 is 0. The molecule has 1 aromatic rings.